The van der Waals surface area contributed by atoms with Crippen LogP contribution in [-0.2, 0) is 6.42 Å². The Balaban J connectivity index is 1.91. The van der Waals surface area contributed by atoms with Crippen LogP contribution in [0.15, 0.2) is 22.7 Å². The minimum absolute atomic E-state index is 0.156. The summed E-state index contributed by atoms with van der Waals surface area (Å²) in [5.74, 6) is 0.707. The van der Waals surface area contributed by atoms with E-state index in [0.29, 0.717) is 4.83 Å². The fourth-order valence-corrected chi connectivity index (χ4v) is 3.02. The molecule has 1 aromatic rings. The molecule has 1 fully saturated rings. The molecule has 1 atom stereocenters. The van der Waals surface area contributed by atoms with Crippen molar-refractivity contribution in [3.05, 3.63) is 34.1 Å². The van der Waals surface area contributed by atoms with Crippen LogP contribution in [0.2, 0.25) is 0 Å². The van der Waals surface area contributed by atoms with Gasteiger partial charge in [-0.05, 0) is 55.4 Å². The molecule has 0 N–H and O–H groups in total. The SMILES string of the molecule is Fc1cc(Br)cc(CCC(Br)C2CC2)c1. The van der Waals surface area contributed by atoms with Crippen LogP contribution in [0.4, 0.5) is 4.39 Å². The maximum atomic E-state index is 13.1. The van der Waals surface area contributed by atoms with E-state index in [4.69, 9.17) is 0 Å². The fraction of sp³-hybridized carbons (Fsp3) is 0.500. The van der Waals surface area contributed by atoms with E-state index in [1.54, 1.807) is 6.07 Å². The summed E-state index contributed by atoms with van der Waals surface area (Å²) in [7, 11) is 0. The maximum absolute atomic E-state index is 13.1. The average molecular weight is 336 g/mol. The zero-order valence-corrected chi connectivity index (χ0v) is 11.5. The van der Waals surface area contributed by atoms with Crippen LogP contribution in [0.25, 0.3) is 0 Å². The van der Waals surface area contributed by atoms with Crippen molar-refractivity contribution in [3.63, 3.8) is 0 Å². The van der Waals surface area contributed by atoms with Crippen LogP contribution in [0.3, 0.4) is 0 Å². The van der Waals surface area contributed by atoms with Crippen molar-refractivity contribution in [1.29, 1.82) is 0 Å². The van der Waals surface area contributed by atoms with Gasteiger partial charge in [-0.15, -0.1) is 0 Å². The van der Waals surface area contributed by atoms with Crippen molar-refractivity contribution in [2.75, 3.05) is 0 Å². The lowest BCUT2D eigenvalue weighted by Crippen LogP contribution is -2.02. The summed E-state index contributed by atoms with van der Waals surface area (Å²) < 4.78 is 13.9. The molecule has 0 bridgehead atoms. The zero-order valence-electron chi connectivity index (χ0n) is 8.35. The summed E-state index contributed by atoms with van der Waals surface area (Å²) in [4.78, 5) is 0.611. The molecule has 0 spiro atoms. The number of halogens is 3. The van der Waals surface area contributed by atoms with Gasteiger partial charge in [0.15, 0.2) is 0 Å². The smallest absolute Gasteiger partial charge is 0.124 e. The van der Waals surface area contributed by atoms with Gasteiger partial charge in [0.05, 0.1) is 0 Å². The first kappa shape index (κ1) is 11.6. The lowest BCUT2D eigenvalue weighted by Gasteiger charge is -2.08. The third-order valence-corrected chi connectivity index (χ3v) is 4.43. The van der Waals surface area contributed by atoms with Gasteiger partial charge >= 0.3 is 0 Å². The molecule has 1 aliphatic carbocycles. The Kier molecular flexibility index (Phi) is 3.83. The summed E-state index contributed by atoms with van der Waals surface area (Å²) in [6.45, 7) is 0. The predicted octanol–water partition coefficient (Wildman–Crippen LogP) is 4.69. The summed E-state index contributed by atoms with van der Waals surface area (Å²) in [5, 5.41) is 0. The quantitative estimate of drug-likeness (QED) is 0.700. The van der Waals surface area contributed by atoms with Crippen LogP contribution in [0.5, 0.6) is 0 Å². The standard InChI is InChI=1S/C12H13Br2F/c13-10-5-8(6-11(15)7-10)1-4-12(14)9-2-3-9/h5-7,9,12H,1-4H2. The van der Waals surface area contributed by atoms with Crippen molar-refractivity contribution >= 4 is 31.9 Å². The summed E-state index contributed by atoms with van der Waals surface area (Å²) >= 11 is 7.00. The molecule has 0 nitrogen and oxygen atoms in total. The first-order valence-electron chi connectivity index (χ1n) is 5.24. The van der Waals surface area contributed by atoms with Crippen molar-refractivity contribution in [2.45, 2.75) is 30.5 Å². The Bertz CT molecular complexity index is 327. The second-order valence-corrected chi connectivity index (χ2v) is 6.26. The molecular weight excluding hydrogens is 323 g/mol. The molecule has 0 aromatic heterocycles. The minimum Gasteiger partial charge on any atom is -0.207 e. The summed E-state index contributed by atoms with van der Waals surface area (Å²) in [6, 6.07) is 5.11. The van der Waals surface area contributed by atoms with E-state index in [9.17, 15) is 4.39 Å². The third kappa shape index (κ3) is 3.56. The van der Waals surface area contributed by atoms with Gasteiger partial charge in [0.1, 0.15) is 5.82 Å². The average Bonchev–Trinajstić information content (AvgIpc) is 2.95. The van der Waals surface area contributed by atoms with E-state index in [1.165, 1.54) is 18.9 Å². The highest BCUT2D eigenvalue weighted by Gasteiger charge is 2.28. The maximum Gasteiger partial charge on any atom is 0.124 e. The van der Waals surface area contributed by atoms with Crippen LogP contribution in [0.1, 0.15) is 24.8 Å². The summed E-state index contributed by atoms with van der Waals surface area (Å²) in [5.41, 5.74) is 1.08. The normalized spacial score (nSPS) is 17.8. The number of aryl methyl sites for hydroxylation is 1. The number of hydrogen-bond donors (Lipinski definition) is 0. The van der Waals surface area contributed by atoms with Crippen LogP contribution in [0, 0.1) is 11.7 Å². The van der Waals surface area contributed by atoms with Crippen LogP contribution in [-0.4, -0.2) is 4.83 Å². The van der Waals surface area contributed by atoms with Gasteiger partial charge in [-0.25, -0.2) is 4.39 Å². The number of benzene rings is 1. The van der Waals surface area contributed by atoms with Crippen molar-refractivity contribution in [3.8, 4) is 0 Å². The highest BCUT2D eigenvalue weighted by Crippen LogP contribution is 2.38. The Morgan fingerprint density at radius 2 is 2.07 bits per heavy atom. The third-order valence-electron chi connectivity index (χ3n) is 2.76. The molecule has 2 rings (SSSR count). The van der Waals surface area contributed by atoms with Gasteiger partial charge in [-0.3, -0.25) is 0 Å². The molecule has 1 unspecified atom stereocenters. The molecule has 0 saturated heterocycles. The molecule has 15 heavy (non-hydrogen) atoms. The Hall–Kier alpha value is 0.110. The highest BCUT2D eigenvalue weighted by molar-refractivity contribution is 9.10. The molecule has 1 saturated carbocycles. The number of rotatable bonds is 4. The minimum atomic E-state index is -0.156. The van der Waals surface area contributed by atoms with Gasteiger partial charge in [0, 0.05) is 9.30 Å². The van der Waals surface area contributed by atoms with Gasteiger partial charge in [0.25, 0.3) is 0 Å². The van der Waals surface area contributed by atoms with Crippen molar-refractivity contribution in [2.24, 2.45) is 5.92 Å². The number of hydrogen-bond acceptors (Lipinski definition) is 0. The van der Waals surface area contributed by atoms with E-state index in [0.717, 1.165) is 28.8 Å². The van der Waals surface area contributed by atoms with E-state index in [-0.39, 0.29) is 5.82 Å². The van der Waals surface area contributed by atoms with Gasteiger partial charge in [-0.1, -0.05) is 31.9 Å². The second-order valence-electron chi connectivity index (χ2n) is 4.17. The van der Waals surface area contributed by atoms with Crippen molar-refractivity contribution in [1.82, 2.24) is 0 Å². The second kappa shape index (κ2) is 4.96. The molecule has 1 aliphatic rings. The topological polar surface area (TPSA) is 0 Å². The first-order valence-corrected chi connectivity index (χ1v) is 6.95. The fourth-order valence-electron chi connectivity index (χ4n) is 1.75. The van der Waals surface area contributed by atoms with Crippen molar-refractivity contribution < 1.29 is 4.39 Å². The van der Waals surface area contributed by atoms with E-state index >= 15 is 0 Å². The summed E-state index contributed by atoms with van der Waals surface area (Å²) in [6.07, 6.45) is 4.74. The molecule has 3 heteroatoms. The zero-order chi connectivity index (χ0) is 10.8. The van der Waals surface area contributed by atoms with E-state index < -0.39 is 0 Å². The lowest BCUT2D eigenvalue weighted by molar-refractivity contribution is 0.621. The molecule has 0 aliphatic heterocycles. The first-order chi connectivity index (χ1) is 7.15. The highest BCUT2D eigenvalue weighted by atomic mass is 79.9. The lowest BCUT2D eigenvalue weighted by atomic mass is 10.1. The molecule has 0 radical (unpaired) electrons. The monoisotopic (exact) mass is 334 g/mol. The molecular formula is C12H13Br2F. The van der Waals surface area contributed by atoms with E-state index in [2.05, 4.69) is 31.9 Å². The predicted molar refractivity (Wildman–Crippen MR) is 67.9 cm³/mol. The molecule has 0 amide bonds. The Morgan fingerprint density at radius 3 is 2.67 bits per heavy atom. The van der Waals surface area contributed by atoms with Gasteiger partial charge in [-0.2, -0.15) is 0 Å². The molecule has 1 aromatic carbocycles. The van der Waals surface area contributed by atoms with Crippen LogP contribution >= 0.6 is 31.9 Å². The number of alkyl halides is 1. The van der Waals surface area contributed by atoms with Crippen LogP contribution < -0.4 is 0 Å². The van der Waals surface area contributed by atoms with E-state index in [1.807, 2.05) is 6.07 Å². The Morgan fingerprint density at radius 1 is 1.33 bits per heavy atom. The van der Waals surface area contributed by atoms with Gasteiger partial charge < -0.3 is 0 Å². The largest absolute Gasteiger partial charge is 0.207 e. The van der Waals surface area contributed by atoms with Gasteiger partial charge in [0.2, 0.25) is 0 Å². The molecule has 82 valence electrons. The molecule has 0 heterocycles. The Labute approximate surface area is 107 Å².